The number of para-hydroxylation sites is 1. The third-order valence-electron chi connectivity index (χ3n) is 4.82. The van der Waals surface area contributed by atoms with Crippen LogP contribution < -0.4 is 5.32 Å². The van der Waals surface area contributed by atoms with Gasteiger partial charge in [-0.3, -0.25) is 4.68 Å². The molecule has 2 aromatic rings. The summed E-state index contributed by atoms with van der Waals surface area (Å²) in [5.41, 5.74) is 2.52. The van der Waals surface area contributed by atoms with Crippen LogP contribution in [0.25, 0.3) is 10.9 Å². The molecule has 1 aromatic carbocycles. The monoisotopic (exact) mass is 271 g/mol. The molecule has 108 valence electrons. The third kappa shape index (κ3) is 2.59. The molecular formula is C17H25N3. The zero-order valence-electron chi connectivity index (χ0n) is 12.6. The van der Waals surface area contributed by atoms with Crippen molar-refractivity contribution in [1.29, 1.82) is 0 Å². The molecule has 0 spiro atoms. The van der Waals surface area contributed by atoms with Crippen LogP contribution >= 0.6 is 0 Å². The van der Waals surface area contributed by atoms with Crippen LogP contribution in [-0.4, -0.2) is 23.4 Å². The molecule has 0 bridgehead atoms. The van der Waals surface area contributed by atoms with Gasteiger partial charge in [-0.25, -0.2) is 0 Å². The van der Waals surface area contributed by atoms with Gasteiger partial charge >= 0.3 is 0 Å². The Morgan fingerprint density at radius 3 is 2.80 bits per heavy atom. The molecule has 1 unspecified atom stereocenters. The summed E-state index contributed by atoms with van der Waals surface area (Å²) in [4.78, 5) is 0. The Morgan fingerprint density at radius 2 is 2.05 bits per heavy atom. The lowest BCUT2D eigenvalue weighted by Crippen LogP contribution is -2.26. The largest absolute Gasteiger partial charge is 0.319 e. The van der Waals surface area contributed by atoms with Crippen molar-refractivity contribution in [1.82, 2.24) is 15.1 Å². The summed E-state index contributed by atoms with van der Waals surface area (Å²) in [6.45, 7) is 1.11. The van der Waals surface area contributed by atoms with E-state index in [2.05, 4.69) is 43.7 Å². The SMILES string of the molecule is CNCC(Cc1nn(C)c2ccccc12)C1CCCC1. The first kappa shape index (κ1) is 13.6. The van der Waals surface area contributed by atoms with Crippen molar-refractivity contribution in [3.05, 3.63) is 30.0 Å². The van der Waals surface area contributed by atoms with Gasteiger partial charge < -0.3 is 5.32 Å². The zero-order valence-corrected chi connectivity index (χ0v) is 12.6. The van der Waals surface area contributed by atoms with E-state index in [1.165, 1.54) is 42.3 Å². The Morgan fingerprint density at radius 1 is 1.30 bits per heavy atom. The van der Waals surface area contributed by atoms with Crippen LogP contribution in [0.3, 0.4) is 0 Å². The number of rotatable bonds is 5. The minimum Gasteiger partial charge on any atom is -0.319 e. The molecule has 1 aliphatic carbocycles. The second kappa shape index (κ2) is 5.96. The summed E-state index contributed by atoms with van der Waals surface area (Å²) in [5, 5.41) is 9.49. The number of hydrogen-bond acceptors (Lipinski definition) is 2. The van der Waals surface area contributed by atoms with Crippen molar-refractivity contribution in [2.45, 2.75) is 32.1 Å². The van der Waals surface area contributed by atoms with Gasteiger partial charge in [0.1, 0.15) is 0 Å². The molecule has 1 atom stereocenters. The molecule has 0 aliphatic heterocycles. The van der Waals surface area contributed by atoms with E-state index in [0.29, 0.717) is 0 Å². The van der Waals surface area contributed by atoms with Gasteiger partial charge in [-0.2, -0.15) is 5.10 Å². The molecule has 3 rings (SSSR count). The highest BCUT2D eigenvalue weighted by Crippen LogP contribution is 2.33. The van der Waals surface area contributed by atoms with E-state index >= 15 is 0 Å². The molecule has 20 heavy (non-hydrogen) atoms. The van der Waals surface area contributed by atoms with Gasteiger partial charge in [0, 0.05) is 12.4 Å². The lowest BCUT2D eigenvalue weighted by atomic mass is 9.86. The van der Waals surface area contributed by atoms with Gasteiger partial charge in [0.25, 0.3) is 0 Å². The molecule has 0 saturated heterocycles. The molecule has 0 amide bonds. The van der Waals surface area contributed by atoms with Gasteiger partial charge in [-0.15, -0.1) is 0 Å². The smallest absolute Gasteiger partial charge is 0.0706 e. The molecule has 3 heteroatoms. The van der Waals surface area contributed by atoms with Crippen LogP contribution in [0, 0.1) is 11.8 Å². The molecule has 1 aliphatic rings. The first-order chi connectivity index (χ1) is 9.79. The van der Waals surface area contributed by atoms with E-state index in [0.717, 1.165) is 24.8 Å². The number of benzene rings is 1. The maximum absolute atomic E-state index is 4.77. The fraction of sp³-hybridized carbons (Fsp3) is 0.588. The molecule has 1 heterocycles. The lowest BCUT2D eigenvalue weighted by molar-refractivity contribution is 0.326. The minimum absolute atomic E-state index is 0.723. The third-order valence-corrected chi connectivity index (χ3v) is 4.82. The summed E-state index contributed by atoms with van der Waals surface area (Å²) in [5.74, 6) is 1.60. The quantitative estimate of drug-likeness (QED) is 0.905. The van der Waals surface area contributed by atoms with E-state index in [1.54, 1.807) is 0 Å². The lowest BCUT2D eigenvalue weighted by Gasteiger charge is -2.22. The zero-order chi connectivity index (χ0) is 13.9. The van der Waals surface area contributed by atoms with Gasteiger partial charge in [-0.1, -0.05) is 43.9 Å². The van der Waals surface area contributed by atoms with Crippen LogP contribution in [-0.2, 0) is 13.5 Å². The Balaban J connectivity index is 1.86. The second-order valence-corrected chi connectivity index (χ2v) is 6.15. The van der Waals surface area contributed by atoms with Crippen molar-refractivity contribution in [2.75, 3.05) is 13.6 Å². The molecule has 1 fully saturated rings. The highest BCUT2D eigenvalue weighted by atomic mass is 15.3. The standard InChI is InChI=1S/C17H25N3/c1-18-12-14(13-7-3-4-8-13)11-16-15-9-5-6-10-17(15)20(2)19-16/h5-6,9-10,13-14,18H,3-4,7-8,11-12H2,1-2H3. The minimum atomic E-state index is 0.723. The van der Waals surface area contributed by atoms with Crippen LogP contribution in [0.1, 0.15) is 31.4 Å². The van der Waals surface area contributed by atoms with Crippen LogP contribution in [0.4, 0.5) is 0 Å². The normalized spacial score (nSPS) is 17.9. The first-order valence-corrected chi connectivity index (χ1v) is 7.85. The van der Waals surface area contributed by atoms with E-state index in [-0.39, 0.29) is 0 Å². The Hall–Kier alpha value is -1.35. The van der Waals surface area contributed by atoms with Gasteiger partial charge in [-0.05, 0) is 37.9 Å². The average Bonchev–Trinajstić information content (AvgIpc) is 3.08. The summed E-state index contributed by atoms with van der Waals surface area (Å²) < 4.78 is 2.02. The van der Waals surface area contributed by atoms with Crippen molar-refractivity contribution < 1.29 is 0 Å². The van der Waals surface area contributed by atoms with Crippen LogP contribution in [0.5, 0.6) is 0 Å². The second-order valence-electron chi connectivity index (χ2n) is 6.15. The van der Waals surface area contributed by atoms with Gasteiger partial charge in [0.05, 0.1) is 11.2 Å². The summed E-state index contributed by atoms with van der Waals surface area (Å²) in [6, 6.07) is 8.59. The Bertz CT molecular complexity index is 567. The van der Waals surface area contributed by atoms with Gasteiger partial charge in [0.15, 0.2) is 0 Å². The highest BCUT2D eigenvalue weighted by Gasteiger charge is 2.26. The van der Waals surface area contributed by atoms with E-state index in [4.69, 9.17) is 5.10 Å². The molecule has 1 N–H and O–H groups in total. The molecule has 1 saturated carbocycles. The number of aromatic nitrogens is 2. The number of aryl methyl sites for hydroxylation is 1. The fourth-order valence-electron chi connectivity index (χ4n) is 3.78. The van der Waals surface area contributed by atoms with Crippen molar-refractivity contribution in [2.24, 2.45) is 18.9 Å². The van der Waals surface area contributed by atoms with Crippen molar-refractivity contribution in [3.63, 3.8) is 0 Å². The molecular weight excluding hydrogens is 246 g/mol. The predicted octanol–water partition coefficient (Wildman–Crippen LogP) is 3.14. The molecule has 3 nitrogen and oxygen atoms in total. The first-order valence-electron chi connectivity index (χ1n) is 7.85. The number of nitrogens with zero attached hydrogens (tertiary/aromatic N) is 2. The molecule has 0 radical (unpaired) electrons. The van der Waals surface area contributed by atoms with Gasteiger partial charge in [0.2, 0.25) is 0 Å². The van der Waals surface area contributed by atoms with Crippen LogP contribution in [0.15, 0.2) is 24.3 Å². The summed E-state index contributed by atoms with van der Waals surface area (Å²) in [7, 11) is 4.12. The predicted molar refractivity (Wildman–Crippen MR) is 83.8 cm³/mol. The Kier molecular flexibility index (Phi) is 4.06. The average molecular weight is 271 g/mol. The Labute approximate surface area is 121 Å². The molecule has 1 aromatic heterocycles. The van der Waals surface area contributed by atoms with Crippen molar-refractivity contribution >= 4 is 10.9 Å². The van der Waals surface area contributed by atoms with E-state index in [1.807, 2.05) is 4.68 Å². The topological polar surface area (TPSA) is 29.9 Å². The van der Waals surface area contributed by atoms with Crippen LogP contribution in [0.2, 0.25) is 0 Å². The highest BCUT2D eigenvalue weighted by molar-refractivity contribution is 5.81. The van der Waals surface area contributed by atoms with Crippen molar-refractivity contribution in [3.8, 4) is 0 Å². The maximum Gasteiger partial charge on any atom is 0.0706 e. The number of hydrogen-bond donors (Lipinski definition) is 1. The summed E-state index contributed by atoms with van der Waals surface area (Å²) in [6.07, 6.45) is 6.72. The summed E-state index contributed by atoms with van der Waals surface area (Å²) >= 11 is 0. The number of nitrogens with one attached hydrogen (secondary N) is 1. The van der Waals surface area contributed by atoms with E-state index < -0.39 is 0 Å². The fourth-order valence-corrected chi connectivity index (χ4v) is 3.78. The van der Waals surface area contributed by atoms with E-state index in [9.17, 15) is 0 Å². The maximum atomic E-state index is 4.77. The number of fused-ring (bicyclic) bond motifs is 1.